The lowest BCUT2D eigenvalue weighted by Crippen LogP contribution is -2.34. The zero-order chi connectivity index (χ0) is 13.0. The number of nitrogens with zero attached hydrogens (tertiary/aromatic N) is 1. The maximum Gasteiger partial charge on any atom is 0.104 e. The van der Waals surface area contributed by atoms with Gasteiger partial charge in [0.2, 0.25) is 0 Å². The molecule has 0 radical (unpaired) electrons. The van der Waals surface area contributed by atoms with Crippen LogP contribution in [-0.2, 0) is 11.8 Å². The van der Waals surface area contributed by atoms with Gasteiger partial charge in [0, 0.05) is 18.4 Å². The maximum atomic E-state index is 8.81. The molecule has 1 heterocycles. The second-order valence-electron chi connectivity index (χ2n) is 4.71. The van der Waals surface area contributed by atoms with E-state index in [4.69, 9.17) is 15.4 Å². The molecule has 92 valence electrons. The third-order valence-electron chi connectivity index (χ3n) is 3.31. The van der Waals surface area contributed by atoms with E-state index in [1.54, 1.807) is 6.26 Å². The van der Waals surface area contributed by atoms with Gasteiger partial charge in [-0.1, -0.05) is 19.1 Å². The van der Waals surface area contributed by atoms with Gasteiger partial charge >= 0.3 is 0 Å². The summed E-state index contributed by atoms with van der Waals surface area (Å²) in [7, 11) is 0. The number of nitriles is 1. The van der Waals surface area contributed by atoms with Crippen molar-refractivity contribution in [2.45, 2.75) is 18.8 Å². The fourth-order valence-electron chi connectivity index (χ4n) is 2.04. The normalized spacial score (nSPS) is 13.8. The molecule has 0 amide bonds. The highest BCUT2D eigenvalue weighted by Crippen LogP contribution is 2.27. The molecule has 3 nitrogen and oxygen atoms in total. The van der Waals surface area contributed by atoms with E-state index in [9.17, 15) is 0 Å². The van der Waals surface area contributed by atoms with Gasteiger partial charge in [-0.2, -0.15) is 5.26 Å². The minimum absolute atomic E-state index is 0.175. The van der Waals surface area contributed by atoms with Crippen LogP contribution in [0.1, 0.15) is 23.8 Å². The van der Waals surface area contributed by atoms with Crippen molar-refractivity contribution < 1.29 is 4.42 Å². The van der Waals surface area contributed by atoms with Gasteiger partial charge in [0.15, 0.2) is 0 Å². The first-order valence-electron chi connectivity index (χ1n) is 5.91. The molecule has 1 unspecified atom stereocenters. The van der Waals surface area contributed by atoms with E-state index in [1.165, 1.54) is 0 Å². The third kappa shape index (κ3) is 2.44. The number of benzene rings is 1. The monoisotopic (exact) mass is 240 g/mol. The van der Waals surface area contributed by atoms with Gasteiger partial charge < -0.3 is 10.2 Å². The Balaban J connectivity index is 2.28. The van der Waals surface area contributed by atoms with Crippen molar-refractivity contribution in [2.75, 3.05) is 6.54 Å². The van der Waals surface area contributed by atoms with E-state index in [1.807, 2.05) is 36.4 Å². The van der Waals surface area contributed by atoms with Gasteiger partial charge in [0.05, 0.1) is 17.9 Å². The van der Waals surface area contributed by atoms with Crippen LogP contribution in [-0.4, -0.2) is 6.54 Å². The molecule has 0 bridgehead atoms. The molecule has 1 aromatic carbocycles. The first-order chi connectivity index (χ1) is 8.68. The summed E-state index contributed by atoms with van der Waals surface area (Å²) in [5.41, 5.74) is 7.53. The molecular weight excluding hydrogens is 224 g/mol. The van der Waals surface area contributed by atoms with Crippen LogP contribution in [0.5, 0.6) is 0 Å². The molecule has 0 spiro atoms. The number of furan rings is 1. The van der Waals surface area contributed by atoms with E-state index >= 15 is 0 Å². The predicted molar refractivity (Wildman–Crippen MR) is 70.0 cm³/mol. The first kappa shape index (κ1) is 12.4. The lowest BCUT2D eigenvalue weighted by atomic mass is 9.78. The van der Waals surface area contributed by atoms with Crippen LogP contribution in [0, 0.1) is 11.3 Å². The quantitative estimate of drug-likeness (QED) is 0.893. The summed E-state index contributed by atoms with van der Waals surface area (Å²) >= 11 is 0. The largest absolute Gasteiger partial charge is 0.469 e. The topological polar surface area (TPSA) is 62.9 Å². The average Bonchev–Trinajstić information content (AvgIpc) is 2.91. The van der Waals surface area contributed by atoms with Crippen LogP contribution in [0.15, 0.2) is 47.1 Å². The highest BCUT2D eigenvalue weighted by Gasteiger charge is 2.26. The lowest BCUT2D eigenvalue weighted by molar-refractivity contribution is 0.412. The molecule has 1 atom stereocenters. The summed E-state index contributed by atoms with van der Waals surface area (Å²) in [6, 6.07) is 13.5. The summed E-state index contributed by atoms with van der Waals surface area (Å²) in [5, 5.41) is 8.81. The second kappa shape index (κ2) is 5.07. The Morgan fingerprint density at radius 3 is 2.50 bits per heavy atom. The van der Waals surface area contributed by atoms with Crippen molar-refractivity contribution in [2.24, 2.45) is 5.73 Å². The van der Waals surface area contributed by atoms with E-state index < -0.39 is 0 Å². The molecule has 0 saturated carbocycles. The predicted octanol–water partition coefficient (Wildman–Crippen LogP) is 2.61. The Morgan fingerprint density at radius 1 is 1.28 bits per heavy atom. The first-order valence-corrected chi connectivity index (χ1v) is 5.91. The Morgan fingerprint density at radius 2 is 2.00 bits per heavy atom. The Bertz CT molecular complexity index is 537. The maximum absolute atomic E-state index is 8.81. The molecule has 3 heteroatoms. The van der Waals surface area contributed by atoms with Gasteiger partial charge in [0.1, 0.15) is 5.76 Å². The average molecular weight is 240 g/mol. The highest BCUT2D eigenvalue weighted by molar-refractivity contribution is 5.35. The van der Waals surface area contributed by atoms with Gasteiger partial charge in [0.25, 0.3) is 0 Å². The molecule has 2 N–H and O–H groups in total. The summed E-state index contributed by atoms with van der Waals surface area (Å²) in [6.45, 7) is 2.64. The minimum Gasteiger partial charge on any atom is -0.469 e. The minimum atomic E-state index is -0.175. The Kier molecular flexibility index (Phi) is 3.50. The Labute approximate surface area is 107 Å². The molecule has 2 aromatic rings. The van der Waals surface area contributed by atoms with Crippen molar-refractivity contribution in [1.82, 2.24) is 0 Å². The molecule has 0 aliphatic rings. The van der Waals surface area contributed by atoms with Crippen LogP contribution in [0.4, 0.5) is 0 Å². The molecule has 0 fully saturated rings. The number of rotatable bonds is 4. The summed E-state index contributed by atoms with van der Waals surface area (Å²) in [6.07, 6.45) is 2.42. The number of hydrogen-bond donors (Lipinski definition) is 1. The van der Waals surface area contributed by atoms with E-state index in [0.717, 1.165) is 17.7 Å². The zero-order valence-electron chi connectivity index (χ0n) is 10.4. The standard InChI is InChI=1S/C15H16N2O/c1-15(11-17,9-14-3-2-8-18-14)13-6-4-12(10-16)5-7-13/h2-8H,9,11,17H2,1H3. The number of nitrogens with two attached hydrogens (primary N) is 1. The van der Waals surface area contributed by atoms with Crippen LogP contribution in [0.25, 0.3) is 0 Å². The van der Waals surface area contributed by atoms with Gasteiger partial charge in [-0.25, -0.2) is 0 Å². The van der Waals surface area contributed by atoms with E-state index in [-0.39, 0.29) is 5.41 Å². The van der Waals surface area contributed by atoms with Crippen LogP contribution >= 0.6 is 0 Å². The fourth-order valence-corrected chi connectivity index (χ4v) is 2.04. The van der Waals surface area contributed by atoms with Gasteiger partial charge in [-0.05, 0) is 29.8 Å². The molecule has 18 heavy (non-hydrogen) atoms. The molecule has 1 aromatic heterocycles. The van der Waals surface area contributed by atoms with Crippen molar-refractivity contribution in [3.63, 3.8) is 0 Å². The lowest BCUT2D eigenvalue weighted by Gasteiger charge is -2.27. The smallest absolute Gasteiger partial charge is 0.104 e. The number of hydrogen-bond acceptors (Lipinski definition) is 3. The van der Waals surface area contributed by atoms with E-state index in [2.05, 4.69) is 13.0 Å². The van der Waals surface area contributed by atoms with Crippen LogP contribution in [0.2, 0.25) is 0 Å². The molecule has 2 rings (SSSR count). The highest BCUT2D eigenvalue weighted by atomic mass is 16.3. The van der Waals surface area contributed by atoms with Crippen molar-refractivity contribution in [3.05, 3.63) is 59.5 Å². The Hall–Kier alpha value is -2.05. The SMILES string of the molecule is CC(CN)(Cc1ccco1)c1ccc(C#N)cc1. The molecular formula is C15H16N2O. The van der Waals surface area contributed by atoms with Crippen molar-refractivity contribution in [1.29, 1.82) is 5.26 Å². The summed E-state index contributed by atoms with van der Waals surface area (Å²) in [4.78, 5) is 0. The fraction of sp³-hybridized carbons (Fsp3) is 0.267. The van der Waals surface area contributed by atoms with Crippen LogP contribution in [0.3, 0.4) is 0 Å². The van der Waals surface area contributed by atoms with E-state index in [0.29, 0.717) is 12.1 Å². The molecule has 0 saturated heterocycles. The van der Waals surface area contributed by atoms with Crippen molar-refractivity contribution >= 4 is 0 Å². The molecule has 0 aliphatic heterocycles. The van der Waals surface area contributed by atoms with Crippen molar-refractivity contribution in [3.8, 4) is 6.07 Å². The van der Waals surface area contributed by atoms with Gasteiger partial charge in [-0.15, -0.1) is 0 Å². The van der Waals surface area contributed by atoms with Gasteiger partial charge in [-0.3, -0.25) is 0 Å². The third-order valence-corrected chi connectivity index (χ3v) is 3.31. The summed E-state index contributed by atoms with van der Waals surface area (Å²) in [5.74, 6) is 0.923. The van der Waals surface area contributed by atoms with Crippen LogP contribution < -0.4 is 5.73 Å². The molecule has 0 aliphatic carbocycles. The zero-order valence-corrected chi connectivity index (χ0v) is 10.4. The second-order valence-corrected chi connectivity index (χ2v) is 4.71. The summed E-state index contributed by atoms with van der Waals surface area (Å²) < 4.78 is 5.39.